The fourth-order valence-electron chi connectivity index (χ4n) is 0. The van der Waals surface area contributed by atoms with Gasteiger partial charge >= 0.3 is 0 Å². The second-order valence-electron chi connectivity index (χ2n) is 0.408. The Morgan fingerprint density at radius 1 is 0.875 bits per heavy atom. The maximum atomic E-state index is 3.36. The summed E-state index contributed by atoms with van der Waals surface area (Å²) in [6, 6.07) is 0. The number of rotatable bonds is 0. The molecule has 0 unspecified atom stereocenters. The topological polar surface area (TPSA) is 0 Å². The van der Waals surface area contributed by atoms with Crippen LogP contribution in [0.3, 0.4) is 0 Å². The van der Waals surface area contributed by atoms with Crippen LogP contribution in [0.1, 0.15) is 6.92 Å². The molecule has 0 fully saturated rings. The third-order valence-electron chi connectivity index (χ3n) is 0. The van der Waals surface area contributed by atoms with Crippen molar-refractivity contribution in [1.82, 2.24) is 0 Å². The van der Waals surface area contributed by atoms with E-state index in [1.54, 1.807) is 6.08 Å². The molecule has 0 aromatic carbocycles. The first-order chi connectivity index (χ1) is 1.41. The van der Waals surface area contributed by atoms with Crippen molar-refractivity contribution in [3.05, 3.63) is 12.7 Å². The fourth-order valence-corrected chi connectivity index (χ4v) is 0. The molecule has 0 aliphatic rings. The quantitative estimate of drug-likeness (QED) is 0.358. The first-order valence-corrected chi connectivity index (χ1v) is 0.986. The summed E-state index contributed by atoms with van der Waals surface area (Å²) in [5.41, 5.74) is 0. The molecule has 0 radical (unpaired) electrons. The fraction of sp³-hybridized carbons (Fsp3) is 0.333. The summed E-state index contributed by atoms with van der Waals surface area (Å²) in [7, 11) is 0. The molecule has 0 spiro atoms. The molecular formula is C3H11F5. The Hall–Kier alpha value is -0.610. The number of hydrogen-bond acceptors (Lipinski definition) is 0. The van der Waals surface area contributed by atoms with E-state index in [2.05, 4.69) is 6.58 Å². The molecule has 0 bridgehead atoms. The van der Waals surface area contributed by atoms with Gasteiger partial charge in [-0.25, -0.2) is 0 Å². The summed E-state index contributed by atoms with van der Waals surface area (Å²) in [6.45, 7) is 5.25. The molecule has 0 aliphatic heterocycles. The molecule has 5 heteroatoms. The van der Waals surface area contributed by atoms with Crippen LogP contribution in [0.2, 0.25) is 0 Å². The molecule has 0 saturated heterocycles. The van der Waals surface area contributed by atoms with Gasteiger partial charge in [0.1, 0.15) is 0 Å². The molecule has 0 nitrogen and oxygen atoms in total. The van der Waals surface area contributed by atoms with Crippen LogP contribution in [0.5, 0.6) is 0 Å². The van der Waals surface area contributed by atoms with Crippen LogP contribution in [0.25, 0.3) is 0 Å². The molecule has 0 rings (SSSR count). The number of hydrogen-bond donors (Lipinski definition) is 0. The predicted molar refractivity (Wildman–Crippen MR) is 28.4 cm³/mol. The molecule has 0 amide bonds. The normalized spacial score (nSPS) is 1.62. The zero-order chi connectivity index (χ0) is 2.71. The van der Waals surface area contributed by atoms with Crippen LogP contribution >= 0.6 is 0 Å². The first kappa shape index (κ1) is 156. The van der Waals surface area contributed by atoms with Gasteiger partial charge in [-0.05, 0) is 6.92 Å². The van der Waals surface area contributed by atoms with Gasteiger partial charge in [0.25, 0.3) is 0 Å². The van der Waals surface area contributed by atoms with Gasteiger partial charge in [0, 0.05) is 0 Å². The third-order valence-corrected chi connectivity index (χ3v) is 0. The molecule has 0 N–H and O–H groups in total. The average Bonchev–Trinajstić information content (AvgIpc) is 0.918. The molecule has 0 aromatic heterocycles. The van der Waals surface area contributed by atoms with Crippen LogP contribution < -0.4 is 0 Å². The lowest BCUT2D eigenvalue weighted by Crippen LogP contribution is -1.07. The van der Waals surface area contributed by atoms with E-state index in [-0.39, 0.29) is 23.5 Å². The van der Waals surface area contributed by atoms with Crippen molar-refractivity contribution in [3.8, 4) is 0 Å². The van der Waals surface area contributed by atoms with Gasteiger partial charge in [-0.3, -0.25) is 23.5 Å². The Morgan fingerprint density at radius 2 is 0.875 bits per heavy atom. The Bertz CT molecular complexity index is 15.1. The Balaban J connectivity index is -0.00000000200. The SMILES string of the molecule is C=CC.F.F.F.F.F. The minimum atomic E-state index is 0. The monoisotopic (exact) mass is 142 g/mol. The number of halogens is 5. The molecular weight excluding hydrogens is 131 g/mol. The predicted octanol–water partition coefficient (Wildman–Crippen LogP) is 1.95. The summed E-state index contributed by atoms with van der Waals surface area (Å²) < 4.78 is 0. The second-order valence-corrected chi connectivity index (χ2v) is 0.408. The summed E-state index contributed by atoms with van der Waals surface area (Å²) >= 11 is 0. The van der Waals surface area contributed by atoms with Crippen LogP contribution in [-0.4, -0.2) is 0 Å². The van der Waals surface area contributed by atoms with Crippen molar-refractivity contribution in [1.29, 1.82) is 0 Å². The van der Waals surface area contributed by atoms with Gasteiger partial charge in [0.2, 0.25) is 0 Å². The molecule has 0 aliphatic carbocycles. The van der Waals surface area contributed by atoms with Gasteiger partial charge in [0.15, 0.2) is 0 Å². The molecule has 0 heterocycles. The minimum absolute atomic E-state index is 0. The molecule has 0 atom stereocenters. The van der Waals surface area contributed by atoms with Crippen LogP contribution in [-0.2, 0) is 0 Å². The maximum absolute atomic E-state index is 3.36. The van der Waals surface area contributed by atoms with E-state index in [0.717, 1.165) is 0 Å². The highest BCUT2D eigenvalue weighted by molar-refractivity contribution is 4.51. The highest BCUT2D eigenvalue weighted by Crippen LogP contribution is 1.38. The summed E-state index contributed by atoms with van der Waals surface area (Å²) in [5.74, 6) is 0. The standard InChI is InChI=1S/C3H6.5FH/c1-3-2;;;;;/h3H,1H2,2H3;5*1H. The molecule has 58 valence electrons. The van der Waals surface area contributed by atoms with E-state index in [1.807, 2.05) is 6.92 Å². The third kappa shape index (κ3) is 279. The van der Waals surface area contributed by atoms with Crippen molar-refractivity contribution in [2.75, 3.05) is 0 Å². The van der Waals surface area contributed by atoms with Crippen molar-refractivity contribution in [2.24, 2.45) is 0 Å². The minimum Gasteiger partial charge on any atom is -0.269 e. The Morgan fingerprint density at radius 3 is 0.875 bits per heavy atom. The van der Waals surface area contributed by atoms with E-state index in [1.165, 1.54) is 0 Å². The van der Waals surface area contributed by atoms with Crippen molar-refractivity contribution in [3.63, 3.8) is 0 Å². The van der Waals surface area contributed by atoms with Crippen LogP contribution in [0.15, 0.2) is 12.7 Å². The zero-order valence-corrected chi connectivity index (χ0v) is 4.33. The van der Waals surface area contributed by atoms with Gasteiger partial charge in [-0.1, -0.05) is 6.08 Å². The van der Waals surface area contributed by atoms with Crippen molar-refractivity contribution >= 4 is 0 Å². The van der Waals surface area contributed by atoms with E-state index < -0.39 is 0 Å². The van der Waals surface area contributed by atoms with E-state index in [0.29, 0.717) is 0 Å². The van der Waals surface area contributed by atoms with Gasteiger partial charge in [0.05, 0.1) is 0 Å². The Labute approximate surface area is 44.4 Å². The van der Waals surface area contributed by atoms with Gasteiger partial charge in [-0.2, -0.15) is 0 Å². The summed E-state index contributed by atoms with van der Waals surface area (Å²) in [4.78, 5) is 0. The lowest BCUT2D eigenvalue weighted by atomic mass is 10.8. The van der Waals surface area contributed by atoms with E-state index >= 15 is 0 Å². The lowest BCUT2D eigenvalue weighted by molar-refractivity contribution is 1.11. The molecule has 0 aromatic rings. The number of allylic oxidation sites excluding steroid dienone is 1. The average molecular weight is 142 g/mol. The first-order valence-electron chi connectivity index (χ1n) is 0.986. The molecule has 8 heavy (non-hydrogen) atoms. The molecule has 0 saturated carbocycles. The largest absolute Gasteiger partial charge is 0.269 e. The summed E-state index contributed by atoms with van der Waals surface area (Å²) in [6.07, 6.45) is 1.75. The Kier molecular flexibility index (Phi) is 23800. The highest BCUT2D eigenvalue weighted by Gasteiger charge is 1.15. The van der Waals surface area contributed by atoms with Crippen molar-refractivity contribution < 1.29 is 23.5 Å². The second kappa shape index (κ2) is 1220. The van der Waals surface area contributed by atoms with Crippen LogP contribution in [0, 0.1) is 0 Å². The maximum Gasteiger partial charge on any atom is -0.0473 e. The highest BCUT2D eigenvalue weighted by atomic mass is 19.0. The zero-order valence-electron chi connectivity index (χ0n) is 4.33. The summed E-state index contributed by atoms with van der Waals surface area (Å²) in [5, 5.41) is 0. The van der Waals surface area contributed by atoms with Crippen LogP contribution in [0.4, 0.5) is 23.5 Å². The smallest absolute Gasteiger partial charge is 0.0473 e. The lowest BCUT2D eigenvalue weighted by Gasteiger charge is -1.31. The van der Waals surface area contributed by atoms with Gasteiger partial charge in [-0.15, -0.1) is 6.58 Å². The van der Waals surface area contributed by atoms with E-state index in [9.17, 15) is 0 Å². The van der Waals surface area contributed by atoms with E-state index in [4.69, 9.17) is 0 Å². The van der Waals surface area contributed by atoms with Crippen molar-refractivity contribution in [2.45, 2.75) is 6.92 Å². The van der Waals surface area contributed by atoms with Gasteiger partial charge < -0.3 is 0 Å².